The van der Waals surface area contributed by atoms with Gasteiger partial charge in [-0.05, 0) is 59.3 Å². The van der Waals surface area contributed by atoms with Crippen LogP contribution in [-0.4, -0.2) is 21.2 Å². The van der Waals surface area contributed by atoms with Gasteiger partial charge in [0.1, 0.15) is 11.9 Å². The molecule has 0 bridgehead atoms. The normalized spacial score (nSPS) is 11.8. The molecule has 0 aliphatic rings. The van der Waals surface area contributed by atoms with Gasteiger partial charge in [0.05, 0.1) is 0 Å². The lowest BCUT2D eigenvalue weighted by Gasteiger charge is -2.17. The van der Waals surface area contributed by atoms with E-state index in [1.54, 1.807) is 0 Å². The van der Waals surface area contributed by atoms with E-state index < -0.39 is 6.04 Å². The highest BCUT2D eigenvalue weighted by Gasteiger charge is 2.20. The van der Waals surface area contributed by atoms with E-state index in [2.05, 4.69) is 48.4 Å². The van der Waals surface area contributed by atoms with Gasteiger partial charge in [-0.1, -0.05) is 30.3 Å². The molecule has 1 heterocycles. The number of amides is 2. The van der Waals surface area contributed by atoms with Gasteiger partial charge in [0, 0.05) is 9.26 Å². The maximum absolute atomic E-state index is 12.4. The van der Waals surface area contributed by atoms with Gasteiger partial charge in [0.15, 0.2) is 5.82 Å². The molecule has 0 saturated heterocycles. The number of aromatic amines is 1. The summed E-state index contributed by atoms with van der Waals surface area (Å²) in [6.07, 6.45) is 0. The predicted molar refractivity (Wildman–Crippen MR) is 101 cm³/mol. The minimum atomic E-state index is -0.431. The molecule has 0 saturated carbocycles. The first kappa shape index (κ1) is 16.4. The van der Waals surface area contributed by atoms with Crippen LogP contribution in [0.15, 0.2) is 54.6 Å². The summed E-state index contributed by atoms with van der Waals surface area (Å²) in [5.41, 5.74) is 1.64. The Kier molecular flexibility index (Phi) is 5.09. The highest BCUT2D eigenvalue weighted by Crippen LogP contribution is 2.19. The second-order valence-electron chi connectivity index (χ2n) is 5.23. The number of H-pyrrole nitrogens is 1. The zero-order valence-corrected chi connectivity index (χ0v) is 15.1. The molecule has 0 spiro atoms. The molecule has 3 N–H and O–H groups in total. The Labute approximate surface area is 153 Å². The van der Waals surface area contributed by atoms with E-state index in [1.807, 2.05) is 61.5 Å². The Bertz CT molecular complexity index is 817. The van der Waals surface area contributed by atoms with Crippen LogP contribution >= 0.6 is 22.6 Å². The first-order valence-electron chi connectivity index (χ1n) is 7.39. The van der Waals surface area contributed by atoms with Crippen molar-refractivity contribution >= 4 is 34.3 Å². The Morgan fingerprint density at radius 1 is 1.12 bits per heavy atom. The maximum Gasteiger partial charge on any atom is 0.320 e. The predicted octanol–water partition coefficient (Wildman–Crippen LogP) is 3.63. The van der Waals surface area contributed by atoms with Crippen LogP contribution in [0, 0.1) is 10.5 Å². The van der Waals surface area contributed by atoms with Gasteiger partial charge in [-0.2, -0.15) is 5.10 Å². The highest BCUT2D eigenvalue weighted by molar-refractivity contribution is 14.1. The Morgan fingerprint density at radius 3 is 2.46 bits per heavy atom. The van der Waals surface area contributed by atoms with Crippen LogP contribution in [0.25, 0.3) is 0 Å². The summed E-state index contributed by atoms with van der Waals surface area (Å²) in [7, 11) is 0. The molecule has 2 amide bonds. The van der Waals surface area contributed by atoms with E-state index in [-0.39, 0.29) is 6.03 Å². The molecule has 0 aliphatic carbocycles. The number of carbonyl (C=O) groups is 1. The van der Waals surface area contributed by atoms with Gasteiger partial charge >= 0.3 is 6.03 Å². The van der Waals surface area contributed by atoms with E-state index in [4.69, 9.17) is 0 Å². The van der Waals surface area contributed by atoms with E-state index >= 15 is 0 Å². The molecular weight excluding hydrogens is 417 g/mol. The van der Waals surface area contributed by atoms with Crippen molar-refractivity contribution in [3.8, 4) is 0 Å². The third-order valence-corrected chi connectivity index (χ3v) is 4.10. The van der Waals surface area contributed by atoms with Gasteiger partial charge in [-0.15, -0.1) is 0 Å². The third kappa shape index (κ3) is 4.10. The van der Waals surface area contributed by atoms with Crippen LogP contribution in [0.5, 0.6) is 0 Å². The SMILES string of the molecule is Cc1nc(C(NC(=O)Nc2ccc(I)cc2)c2ccccc2)n[nH]1. The molecule has 2 aromatic carbocycles. The van der Waals surface area contributed by atoms with Crippen LogP contribution in [-0.2, 0) is 0 Å². The van der Waals surface area contributed by atoms with Crippen molar-refractivity contribution in [2.24, 2.45) is 0 Å². The van der Waals surface area contributed by atoms with Crippen molar-refractivity contribution in [2.45, 2.75) is 13.0 Å². The first-order valence-corrected chi connectivity index (χ1v) is 8.46. The summed E-state index contributed by atoms with van der Waals surface area (Å²) in [6, 6.07) is 16.5. The zero-order valence-electron chi connectivity index (χ0n) is 13.0. The van der Waals surface area contributed by atoms with Crippen LogP contribution < -0.4 is 10.6 Å². The number of hydrogen-bond acceptors (Lipinski definition) is 3. The molecule has 0 radical (unpaired) electrons. The van der Waals surface area contributed by atoms with Crippen molar-refractivity contribution in [2.75, 3.05) is 5.32 Å². The van der Waals surface area contributed by atoms with Crippen molar-refractivity contribution in [3.05, 3.63) is 75.4 Å². The Balaban J connectivity index is 1.79. The Hall–Kier alpha value is -2.42. The lowest BCUT2D eigenvalue weighted by Crippen LogP contribution is -2.33. The summed E-state index contributed by atoms with van der Waals surface area (Å²) >= 11 is 2.22. The number of anilines is 1. The maximum atomic E-state index is 12.4. The molecule has 1 unspecified atom stereocenters. The van der Waals surface area contributed by atoms with Crippen molar-refractivity contribution < 1.29 is 4.79 Å². The van der Waals surface area contributed by atoms with Crippen LogP contribution in [0.4, 0.5) is 10.5 Å². The van der Waals surface area contributed by atoms with Gasteiger partial charge in [-0.25, -0.2) is 9.78 Å². The van der Waals surface area contributed by atoms with Crippen LogP contribution in [0.1, 0.15) is 23.3 Å². The fraction of sp³-hybridized carbons (Fsp3) is 0.118. The third-order valence-electron chi connectivity index (χ3n) is 3.38. The summed E-state index contributed by atoms with van der Waals surface area (Å²) in [5.74, 6) is 1.22. The van der Waals surface area contributed by atoms with Gasteiger partial charge in [-0.3, -0.25) is 5.10 Å². The number of nitrogens with one attached hydrogen (secondary N) is 3. The summed E-state index contributed by atoms with van der Waals surface area (Å²) in [5, 5.41) is 12.8. The molecule has 3 aromatic rings. The van der Waals surface area contributed by atoms with Gasteiger partial charge in [0.2, 0.25) is 0 Å². The topological polar surface area (TPSA) is 82.7 Å². The smallest absolute Gasteiger partial charge is 0.320 e. The average Bonchev–Trinajstić information content (AvgIpc) is 3.02. The van der Waals surface area contributed by atoms with E-state index in [0.29, 0.717) is 11.6 Å². The molecule has 0 aliphatic heterocycles. The molecule has 0 fully saturated rings. The molecular formula is C17H16IN5O. The van der Waals surface area contributed by atoms with Gasteiger partial charge in [0.25, 0.3) is 0 Å². The number of rotatable bonds is 4. The van der Waals surface area contributed by atoms with Crippen molar-refractivity contribution in [1.82, 2.24) is 20.5 Å². The lowest BCUT2D eigenvalue weighted by molar-refractivity contribution is 0.249. The second kappa shape index (κ2) is 7.43. The monoisotopic (exact) mass is 433 g/mol. The molecule has 1 aromatic heterocycles. The average molecular weight is 433 g/mol. The molecule has 1 atom stereocenters. The summed E-state index contributed by atoms with van der Waals surface area (Å²) < 4.78 is 1.11. The van der Waals surface area contributed by atoms with E-state index in [9.17, 15) is 4.79 Å². The molecule has 7 heteroatoms. The quantitative estimate of drug-likeness (QED) is 0.550. The van der Waals surface area contributed by atoms with Gasteiger partial charge < -0.3 is 10.6 Å². The van der Waals surface area contributed by atoms with E-state index in [1.165, 1.54) is 0 Å². The minimum absolute atomic E-state index is 0.312. The lowest BCUT2D eigenvalue weighted by atomic mass is 10.1. The number of carbonyl (C=O) groups excluding carboxylic acids is 1. The highest BCUT2D eigenvalue weighted by atomic mass is 127. The summed E-state index contributed by atoms with van der Waals surface area (Å²) in [4.78, 5) is 16.7. The number of halogens is 1. The van der Waals surface area contributed by atoms with Crippen LogP contribution in [0.2, 0.25) is 0 Å². The molecule has 6 nitrogen and oxygen atoms in total. The summed E-state index contributed by atoms with van der Waals surface area (Å²) in [6.45, 7) is 1.82. The van der Waals surface area contributed by atoms with E-state index in [0.717, 1.165) is 14.8 Å². The molecule has 3 rings (SSSR count). The first-order chi connectivity index (χ1) is 11.6. The number of hydrogen-bond donors (Lipinski definition) is 3. The molecule has 122 valence electrons. The number of urea groups is 1. The number of nitrogens with zero attached hydrogens (tertiary/aromatic N) is 2. The number of aromatic nitrogens is 3. The zero-order chi connectivity index (χ0) is 16.9. The fourth-order valence-electron chi connectivity index (χ4n) is 2.26. The fourth-order valence-corrected chi connectivity index (χ4v) is 2.62. The Morgan fingerprint density at radius 2 is 1.83 bits per heavy atom. The van der Waals surface area contributed by atoms with Crippen molar-refractivity contribution in [1.29, 1.82) is 0 Å². The van der Waals surface area contributed by atoms with Crippen molar-refractivity contribution in [3.63, 3.8) is 0 Å². The number of aryl methyl sites for hydroxylation is 1. The van der Waals surface area contributed by atoms with Crippen LogP contribution in [0.3, 0.4) is 0 Å². The standard InChI is InChI=1S/C17H16IN5O/c1-11-19-16(23-22-11)15(12-5-3-2-4-6-12)21-17(24)20-14-9-7-13(18)8-10-14/h2-10,15H,1H3,(H,19,22,23)(H2,20,21,24). The minimum Gasteiger partial charge on any atom is -0.324 e. The number of benzene rings is 2. The molecule has 24 heavy (non-hydrogen) atoms. The largest absolute Gasteiger partial charge is 0.324 e. The second-order valence-corrected chi connectivity index (χ2v) is 6.47.